The van der Waals surface area contributed by atoms with Crippen LogP contribution >= 0.6 is 0 Å². The molecule has 3 fully saturated rings. The van der Waals surface area contributed by atoms with E-state index in [4.69, 9.17) is 4.74 Å². The Morgan fingerprint density at radius 2 is 1.80 bits per heavy atom. The third kappa shape index (κ3) is 5.97. The van der Waals surface area contributed by atoms with Crippen LogP contribution in [0.3, 0.4) is 0 Å². The van der Waals surface area contributed by atoms with Crippen LogP contribution in [0.25, 0.3) is 11.4 Å². The Kier molecular flexibility index (Phi) is 7.62. The van der Waals surface area contributed by atoms with Crippen molar-refractivity contribution in [2.75, 3.05) is 18.1 Å². The third-order valence-corrected chi connectivity index (χ3v) is 7.65. The molecule has 4 heterocycles. The zero-order valence-corrected chi connectivity index (χ0v) is 21.6. The van der Waals surface area contributed by atoms with E-state index in [0.29, 0.717) is 42.5 Å². The van der Waals surface area contributed by atoms with E-state index in [1.807, 2.05) is 0 Å². The van der Waals surface area contributed by atoms with Gasteiger partial charge in [0, 0.05) is 54.0 Å². The van der Waals surface area contributed by atoms with Crippen LogP contribution in [-0.4, -0.2) is 39.2 Å². The second-order valence-electron chi connectivity index (χ2n) is 10.4. The number of halogens is 6. The zero-order valence-electron chi connectivity index (χ0n) is 21.6. The molecule has 1 amide bonds. The number of nitrogens with zero attached hydrogens (tertiary/aromatic N) is 5. The third-order valence-electron chi connectivity index (χ3n) is 7.65. The molecule has 1 aliphatic carbocycles. The smallest absolute Gasteiger partial charge is 0.370 e. The summed E-state index contributed by atoms with van der Waals surface area (Å²) in [6.45, 7) is 3.65. The SMILES string of the molecule is C=C(F)CCC(=O)N(CC12CCC(c3cnc(C(F)(F)F)nc3)(CC1)OC2)c1cccc(-c2noc(C(F)F)n2)c1. The maximum Gasteiger partial charge on any atom is 0.451 e. The minimum atomic E-state index is -4.65. The number of carbonyl (C=O) groups excluding carboxylic acids is 1. The first-order valence-electron chi connectivity index (χ1n) is 12.8. The number of aromatic nitrogens is 4. The fraction of sp³-hybridized carbons (Fsp3) is 0.444. The minimum absolute atomic E-state index is 0.0768. The highest BCUT2D eigenvalue weighted by molar-refractivity contribution is 5.94. The van der Waals surface area contributed by atoms with Crippen LogP contribution in [-0.2, 0) is 21.3 Å². The molecule has 0 spiro atoms. The summed E-state index contributed by atoms with van der Waals surface area (Å²) in [4.78, 5) is 25.5. The van der Waals surface area contributed by atoms with Gasteiger partial charge in [0.2, 0.25) is 17.6 Å². The summed E-state index contributed by atoms with van der Waals surface area (Å²) in [5.41, 5.74) is -0.0825. The van der Waals surface area contributed by atoms with Gasteiger partial charge in [0.25, 0.3) is 5.89 Å². The molecule has 0 radical (unpaired) electrons. The largest absolute Gasteiger partial charge is 0.451 e. The number of carbonyl (C=O) groups is 1. The maximum absolute atomic E-state index is 13.4. The normalized spacial score (nSPS) is 22.2. The maximum atomic E-state index is 13.4. The minimum Gasteiger partial charge on any atom is -0.370 e. The molecule has 6 rings (SSSR count). The zero-order chi connectivity index (χ0) is 29.4. The molecule has 0 atom stereocenters. The van der Waals surface area contributed by atoms with Crippen LogP contribution < -0.4 is 4.90 Å². The van der Waals surface area contributed by atoms with Crippen molar-refractivity contribution < 1.29 is 40.4 Å². The van der Waals surface area contributed by atoms with Gasteiger partial charge >= 0.3 is 12.6 Å². The van der Waals surface area contributed by atoms with Crippen LogP contribution in [0.2, 0.25) is 0 Å². The van der Waals surface area contributed by atoms with Gasteiger partial charge in [-0.3, -0.25) is 4.79 Å². The number of fused-ring (bicyclic) bond motifs is 3. The van der Waals surface area contributed by atoms with Crippen molar-refractivity contribution in [3.8, 4) is 11.4 Å². The predicted molar refractivity (Wildman–Crippen MR) is 132 cm³/mol. The molecule has 41 heavy (non-hydrogen) atoms. The summed E-state index contributed by atoms with van der Waals surface area (Å²) in [6.07, 6.45) is -3.47. The molecule has 218 valence electrons. The predicted octanol–water partition coefficient (Wildman–Crippen LogP) is 6.57. The summed E-state index contributed by atoms with van der Waals surface area (Å²) in [7, 11) is 0. The number of rotatable bonds is 9. The highest BCUT2D eigenvalue weighted by Crippen LogP contribution is 2.54. The van der Waals surface area contributed by atoms with E-state index in [1.54, 1.807) is 24.3 Å². The topological polar surface area (TPSA) is 94.2 Å². The van der Waals surface area contributed by atoms with E-state index in [2.05, 4.69) is 31.2 Å². The van der Waals surface area contributed by atoms with Crippen molar-refractivity contribution in [2.45, 2.75) is 56.7 Å². The summed E-state index contributed by atoms with van der Waals surface area (Å²) in [5, 5.41) is 3.60. The van der Waals surface area contributed by atoms with Gasteiger partial charge in [0.05, 0.1) is 18.0 Å². The molecule has 0 unspecified atom stereocenters. The van der Waals surface area contributed by atoms with Crippen LogP contribution in [0, 0.1) is 5.41 Å². The first-order valence-corrected chi connectivity index (χ1v) is 12.8. The Morgan fingerprint density at radius 1 is 1.10 bits per heavy atom. The van der Waals surface area contributed by atoms with Crippen molar-refractivity contribution in [3.63, 3.8) is 0 Å². The lowest BCUT2D eigenvalue weighted by molar-refractivity contribution is -0.187. The first-order chi connectivity index (χ1) is 19.4. The van der Waals surface area contributed by atoms with Gasteiger partial charge < -0.3 is 14.2 Å². The van der Waals surface area contributed by atoms with Gasteiger partial charge in [0.1, 0.15) is 0 Å². The molecule has 14 heteroatoms. The fourth-order valence-electron chi connectivity index (χ4n) is 5.34. The van der Waals surface area contributed by atoms with Gasteiger partial charge in [-0.2, -0.15) is 26.9 Å². The standard InChI is InChI=1S/C27H25F6N5O3/c1-16(28)5-6-20(39)38(19-4-2-3-17(11-19)22-36-23(21(29)30)41-37-22)14-25-7-9-26(10-8-25,40-15-25)18-12-34-24(35-13-18)27(31,32)33/h2-4,11-13,21H,1,5-10,14-15H2. The summed E-state index contributed by atoms with van der Waals surface area (Å²) in [5.74, 6) is -3.15. The molecular formula is C27H25F6N5O3. The Morgan fingerprint density at radius 3 is 2.37 bits per heavy atom. The molecular weight excluding hydrogens is 556 g/mol. The van der Waals surface area contributed by atoms with Crippen molar-refractivity contribution in [1.82, 2.24) is 20.1 Å². The summed E-state index contributed by atoms with van der Waals surface area (Å²) < 4.78 is 88.9. The van der Waals surface area contributed by atoms with E-state index in [1.165, 1.54) is 4.90 Å². The van der Waals surface area contributed by atoms with E-state index in [0.717, 1.165) is 12.4 Å². The van der Waals surface area contributed by atoms with Gasteiger partial charge in [-0.25, -0.2) is 14.4 Å². The molecule has 1 saturated carbocycles. The number of amides is 1. The van der Waals surface area contributed by atoms with E-state index in [-0.39, 0.29) is 37.7 Å². The number of hydrogen-bond acceptors (Lipinski definition) is 7. The van der Waals surface area contributed by atoms with Gasteiger partial charge in [-0.15, -0.1) is 0 Å². The molecule has 8 nitrogen and oxygen atoms in total. The molecule has 3 aliphatic rings. The number of allylic oxidation sites excluding steroid dienone is 1. The number of hydrogen-bond donors (Lipinski definition) is 0. The van der Waals surface area contributed by atoms with Gasteiger partial charge in [0.15, 0.2) is 0 Å². The van der Waals surface area contributed by atoms with Crippen molar-refractivity contribution >= 4 is 11.6 Å². The first kappa shape index (κ1) is 28.7. The highest BCUT2D eigenvalue weighted by Gasteiger charge is 2.52. The van der Waals surface area contributed by atoms with Crippen LogP contribution in [0.4, 0.5) is 32.0 Å². The van der Waals surface area contributed by atoms with Gasteiger partial charge in [-0.1, -0.05) is 23.9 Å². The number of anilines is 1. The summed E-state index contributed by atoms with van der Waals surface area (Å²) >= 11 is 0. The average molecular weight is 582 g/mol. The molecule has 3 aromatic rings. The number of ether oxygens (including phenoxy) is 1. The number of benzene rings is 1. The van der Waals surface area contributed by atoms with Crippen LogP contribution in [0.15, 0.2) is 53.6 Å². The van der Waals surface area contributed by atoms with E-state index >= 15 is 0 Å². The Bertz CT molecular complexity index is 1400. The number of alkyl halides is 5. The molecule has 2 aromatic heterocycles. The van der Waals surface area contributed by atoms with E-state index < -0.39 is 41.2 Å². The summed E-state index contributed by atoms with van der Waals surface area (Å²) in [6, 6.07) is 6.42. The average Bonchev–Trinajstić information content (AvgIpc) is 3.47. The van der Waals surface area contributed by atoms with E-state index in [9.17, 15) is 31.1 Å². The fourth-order valence-corrected chi connectivity index (χ4v) is 5.34. The van der Waals surface area contributed by atoms with Gasteiger partial charge in [-0.05, 0) is 37.8 Å². The monoisotopic (exact) mass is 581 g/mol. The quantitative estimate of drug-likeness (QED) is 0.264. The lowest BCUT2D eigenvalue weighted by Gasteiger charge is -2.54. The Balaban J connectivity index is 1.37. The molecule has 2 saturated heterocycles. The van der Waals surface area contributed by atoms with Crippen molar-refractivity contribution in [1.29, 1.82) is 0 Å². The Labute approximate surface area is 230 Å². The second-order valence-corrected chi connectivity index (χ2v) is 10.4. The van der Waals surface area contributed by atoms with Crippen LogP contribution in [0.5, 0.6) is 0 Å². The highest BCUT2D eigenvalue weighted by atomic mass is 19.4. The van der Waals surface area contributed by atoms with Crippen LogP contribution in [0.1, 0.15) is 62.2 Å². The molecule has 0 N–H and O–H groups in total. The molecule has 2 aliphatic heterocycles. The molecule has 2 bridgehead atoms. The Hall–Kier alpha value is -3.81. The van der Waals surface area contributed by atoms with Crippen molar-refractivity contribution in [3.05, 3.63) is 66.3 Å². The molecule has 1 aromatic carbocycles. The lowest BCUT2D eigenvalue weighted by Crippen LogP contribution is -2.54. The second kappa shape index (κ2) is 10.9. The lowest BCUT2D eigenvalue weighted by atomic mass is 9.64. The van der Waals surface area contributed by atoms with Crippen molar-refractivity contribution in [2.24, 2.45) is 5.41 Å².